The maximum atomic E-state index is 5.61. The van der Waals surface area contributed by atoms with Crippen LogP contribution in [-0.4, -0.2) is 10.2 Å². The van der Waals surface area contributed by atoms with Crippen molar-refractivity contribution < 1.29 is 0 Å². The molecular formula is C9H12N2S. The summed E-state index contributed by atoms with van der Waals surface area (Å²) in [7, 11) is 0. The van der Waals surface area contributed by atoms with Gasteiger partial charge < -0.3 is 5.73 Å². The number of anilines is 1. The fourth-order valence-electron chi connectivity index (χ4n) is 1.00. The first-order valence-corrected chi connectivity index (χ1v) is 5.02. The van der Waals surface area contributed by atoms with Crippen molar-refractivity contribution in [2.24, 2.45) is 0 Å². The van der Waals surface area contributed by atoms with Crippen LogP contribution in [0.4, 0.5) is 5.82 Å². The molecule has 2 nitrogen and oxygen atoms in total. The van der Waals surface area contributed by atoms with E-state index in [4.69, 9.17) is 5.73 Å². The molecule has 12 heavy (non-hydrogen) atoms. The molecule has 0 unspecified atom stereocenters. The van der Waals surface area contributed by atoms with Crippen LogP contribution in [0.15, 0.2) is 17.2 Å². The van der Waals surface area contributed by atoms with E-state index in [0.717, 1.165) is 10.8 Å². The Morgan fingerprint density at radius 3 is 2.92 bits per heavy atom. The molecule has 3 heteroatoms. The Morgan fingerprint density at radius 1 is 1.58 bits per heavy atom. The van der Waals surface area contributed by atoms with Gasteiger partial charge >= 0.3 is 0 Å². The highest BCUT2D eigenvalue weighted by Gasteiger charge is 2.22. The number of rotatable bonds is 2. The summed E-state index contributed by atoms with van der Waals surface area (Å²) < 4.78 is 0. The van der Waals surface area contributed by atoms with Crippen LogP contribution in [0.2, 0.25) is 0 Å². The van der Waals surface area contributed by atoms with Crippen molar-refractivity contribution in [1.29, 1.82) is 0 Å². The molecule has 1 aliphatic carbocycles. The van der Waals surface area contributed by atoms with Crippen molar-refractivity contribution in [2.45, 2.75) is 29.9 Å². The molecule has 0 radical (unpaired) electrons. The van der Waals surface area contributed by atoms with E-state index in [0.29, 0.717) is 5.82 Å². The zero-order chi connectivity index (χ0) is 8.55. The number of hydrogen-bond donors (Lipinski definition) is 1. The van der Waals surface area contributed by atoms with Gasteiger partial charge in [-0.3, -0.25) is 0 Å². The highest BCUT2D eigenvalue weighted by molar-refractivity contribution is 8.00. The topological polar surface area (TPSA) is 38.9 Å². The summed E-state index contributed by atoms with van der Waals surface area (Å²) in [6, 6.07) is 2.12. The van der Waals surface area contributed by atoms with Gasteiger partial charge in [0.1, 0.15) is 5.82 Å². The average molecular weight is 180 g/mol. The first-order chi connectivity index (χ1) is 5.75. The van der Waals surface area contributed by atoms with E-state index in [2.05, 4.69) is 11.1 Å². The van der Waals surface area contributed by atoms with Crippen LogP contribution in [0.5, 0.6) is 0 Å². The number of nitrogen functional groups attached to an aromatic ring is 1. The largest absolute Gasteiger partial charge is 0.383 e. The molecule has 2 N–H and O–H groups in total. The van der Waals surface area contributed by atoms with Gasteiger partial charge in [0, 0.05) is 16.3 Å². The zero-order valence-corrected chi connectivity index (χ0v) is 7.90. The molecule has 0 saturated heterocycles. The lowest BCUT2D eigenvalue weighted by Gasteiger charge is -2.02. The van der Waals surface area contributed by atoms with E-state index < -0.39 is 0 Å². The minimum absolute atomic E-state index is 0.648. The van der Waals surface area contributed by atoms with E-state index >= 15 is 0 Å². The minimum atomic E-state index is 0.648. The van der Waals surface area contributed by atoms with Crippen molar-refractivity contribution in [1.82, 2.24) is 4.98 Å². The summed E-state index contributed by atoms with van der Waals surface area (Å²) in [5.41, 5.74) is 6.70. The predicted octanol–water partition coefficient (Wildman–Crippen LogP) is 2.23. The maximum absolute atomic E-state index is 5.61. The Morgan fingerprint density at radius 2 is 2.33 bits per heavy atom. The van der Waals surface area contributed by atoms with Crippen LogP contribution in [-0.2, 0) is 0 Å². The molecule has 0 atom stereocenters. The highest BCUT2D eigenvalue weighted by Crippen LogP contribution is 2.39. The molecule has 1 fully saturated rings. The minimum Gasteiger partial charge on any atom is -0.383 e. The molecule has 1 aromatic rings. The van der Waals surface area contributed by atoms with Crippen LogP contribution >= 0.6 is 11.8 Å². The Bertz CT molecular complexity index is 295. The van der Waals surface area contributed by atoms with Gasteiger partial charge in [-0.1, -0.05) is 0 Å². The smallest absolute Gasteiger partial charge is 0.126 e. The average Bonchev–Trinajstić information content (AvgIpc) is 2.81. The van der Waals surface area contributed by atoms with Crippen molar-refractivity contribution in [3.8, 4) is 0 Å². The summed E-state index contributed by atoms with van der Waals surface area (Å²) in [6.45, 7) is 2.00. The second-order valence-corrected chi connectivity index (χ2v) is 4.56. The summed E-state index contributed by atoms with van der Waals surface area (Å²) in [5, 5.41) is 0.842. The van der Waals surface area contributed by atoms with Crippen LogP contribution in [0.1, 0.15) is 18.4 Å². The third kappa shape index (κ3) is 1.72. The van der Waals surface area contributed by atoms with E-state index in [1.54, 1.807) is 0 Å². The second kappa shape index (κ2) is 2.98. The van der Waals surface area contributed by atoms with Gasteiger partial charge in [0.05, 0.1) is 0 Å². The van der Waals surface area contributed by atoms with E-state index in [-0.39, 0.29) is 0 Å². The number of nitrogens with two attached hydrogens (primary N) is 1. The molecule has 1 saturated carbocycles. The van der Waals surface area contributed by atoms with Gasteiger partial charge in [0.25, 0.3) is 0 Å². The fraction of sp³-hybridized carbons (Fsp3) is 0.444. The summed E-state index contributed by atoms with van der Waals surface area (Å²) >= 11 is 1.91. The second-order valence-electron chi connectivity index (χ2n) is 3.19. The molecule has 64 valence electrons. The van der Waals surface area contributed by atoms with Crippen molar-refractivity contribution in [3.63, 3.8) is 0 Å². The fourth-order valence-corrected chi connectivity index (χ4v) is 2.12. The monoisotopic (exact) mass is 180 g/mol. The molecule has 0 amide bonds. The van der Waals surface area contributed by atoms with Crippen LogP contribution in [0.3, 0.4) is 0 Å². The highest BCUT2D eigenvalue weighted by atomic mass is 32.2. The SMILES string of the molecule is Cc1cc(SC2CC2)cnc1N. The van der Waals surface area contributed by atoms with Gasteiger partial charge in [0.15, 0.2) is 0 Å². The molecule has 1 heterocycles. The Hall–Kier alpha value is -0.700. The summed E-state index contributed by atoms with van der Waals surface area (Å²) in [4.78, 5) is 5.37. The van der Waals surface area contributed by atoms with Crippen LogP contribution in [0, 0.1) is 6.92 Å². The molecule has 0 bridgehead atoms. The van der Waals surface area contributed by atoms with Crippen LogP contribution in [0.25, 0.3) is 0 Å². The molecule has 1 aliphatic rings. The lowest BCUT2D eigenvalue weighted by atomic mass is 10.3. The molecular weight excluding hydrogens is 168 g/mol. The molecule has 2 rings (SSSR count). The normalized spacial score (nSPS) is 16.4. The van der Waals surface area contributed by atoms with E-state index in [1.165, 1.54) is 17.7 Å². The van der Waals surface area contributed by atoms with Crippen molar-refractivity contribution in [3.05, 3.63) is 17.8 Å². The third-order valence-corrected chi connectivity index (χ3v) is 3.22. The number of pyridine rings is 1. The first-order valence-electron chi connectivity index (χ1n) is 4.14. The first kappa shape index (κ1) is 7.92. The lowest BCUT2D eigenvalue weighted by molar-refractivity contribution is 1.20. The lowest BCUT2D eigenvalue weighted by Crippen LogP contribution is -1.93. The van der Waals surface area contributed by atoms with Gasteiger partial charge in [-0.05, 0) is 31.4 Å². The summed E-state index contributed by atoms with van der Waals surface area (Å²) in [5.74, 6) is 0.648. The Balaban J connectivity index is 2.15. The molecule has 0 aliphatic heterocycles. The molecule has 1 aromatic heterocycles. The summed E-state index contributed by atoms with van der Waals surface area (Å²) in [6.07, 6.45) is 4.58. The maximum Gasteiger partial charge on any atom is 0.126 e. The van der Waals surface area contributed by atoms with E-state index in [9.17, 15) is 0 Å². The number of thioether (sulfide) groups is 1. The van der Waals surface area contributed by atoms with Gasteiger partial charge in [-0.2, -0.15) is 0 Å². The van der Waals surface area contributed by atoms with E-state index in [1.807, 2.05) is 24.9 Å². The van der Waals surface area contributed by atoms with Crippen LogP contribution < -0.4 is 5.73 Å². The number of aryl methyl sites for hydroxylation is 1. The predicted molar refractivity (Wildman–Crippen MR) is 52.3 cm³/mol. The van der Waals surface area contributed by atoms with Crippen molar-refractivity contribution >= 4 is 17.6 Å². The van der Waals surface area contributed by atoms with Gasteiger partial charge in [0.2, 0.25) is 0 Å². The third-order valence-electron chi connectivity index (χ3n) is 1.92. The zero-order valence-electron chi connectivity index (χ0n) is 7.08. The molecule has 0 aromatic carbocycles. The Labute approximate surface area is 76.6 Å². The number of nitrogens with zero attached hydrogens (tertiary/aromatic N) is 1. The standard InChI is InChI=1S/C9H12N2S/c1-6-4-8(5-11-9(6)10)12-7-2-3-7/h4-5,7H,2-3H2,1H3,(H2,10,11). The quantitative estimate of drug-likeness (QED) is 0.758. The number of hydrogen-bond acceptors (Lipinski definition) is 3. The number of aromatic nitrogens is 1. The van der Waals surface area contributed by atoms with Gasteiger partial charge in [-0.25, -0.2) is 4.98 Å². The van der Waals surface area contributed by atoms with Gasteiger partial charge in [-0.15, -0.1) is 11.8 Å². The van der Waals surface area contributed by atoms with Crippen molar-refractivity contribution in [2.75, 3.05) is 5.73 Å². The molecule has 0 spiro atoms. The Kier molecular flexibility index (Phi) is 1.97.